The molecule has 1 saturated heterocycles. The third-order valence-electron chi connectivity index (χ3n) is 3.41. The summed E-state index contributed by atoms with van der Waals surface area (Å²) in [7, 11) is 0. The molecule has 1 aromatic carbocycles. The molecule has 2 rings (SSSR count). The Kier molecular flexibility index (Phi) is 4.22. The second-order valence-corrected chi connectivity index (χ2v) is 4.87. The number of anilines is 1. The van der Waals surface area contributed by atoms with Gasteiger partial charge in [-0.25, -0.2) is 0 Å². The Balaban J connectivity index is 2.28. The smallest absolute Gasteiger partial charge is 0.0981 e. The number of aliphatic hydroxyl groups excluding tert-OH is 2. The monoisotopic (exact) mass is 251 g/mol. The molecule has 2 N–H and O–H groups in total. The summed E-state index contributed by atoms with van der Waals surface area (Å²) in [4.78, 5) is 2.20. The van der Waals surface area contributed by atoms with Crippen molar-refractivity contribution in [3.05, 3.63) is 29.8 Å². The normalized spacial score (nSPS) is 26.1. The van der Waals surface area contributed by atoms with Gasteiger partial charge in [0.15, 0.2) is 0 Å². The molecule has 0 radical (unpaired) electrons. The van der Waals surface area contributed by atoms with E-state index in [-0.39, 0.29) is 18.8 Å². The highest BCUT2D eigenvalue weighted by molar-refractivity contribution is 5.55. The molecule has 0 aliphatic carbocycles. The van der Waals surface area contributed by atoms with Crippen LogP contribution in [0.25, 0.3) is 0 Å². The molecule has 1 heterocycles. The molecule has 0 saturated carbocycles. The van der Waals surface area contributed by atoms with Gasteiger partial charge < -0.3 is 19.8 Å². The van der Waals surface area contributed by atoms with Gasteiger partial charge in [0, 0.05) is 23.8 Å². The highest BCUT2D eigenvalue weighted by atomic mass is 16.5. The van der Waals surface area contributed by atoms with E-state index in [0.29, 0.717) is 13.2 Å². The number of ether oxygens (including phenoxy) is 1. The molecule has 2 unspecified atom stereocenters. The standard InChI is InChI=1S/C14H21NO3/c1-10-9-18-12(8-16)7-15(10)14-6-4-3-5-13(14)11(2)17/h3-6,10-12,16-17H,7-9H2,1-2H3/t10?,11-,12?/m0/s1. The highest BCUT2D eigenvalue weighted by Crippen LogP contribution is 2.29. The molecule has 0 bridgehead atoms. The average Bonchev–Trinajstić information content (AvgIpc) is 2.39. The number of rotatable bonds is 3. The van der Waals surface area contributed by atoms with E-state index in [1.807, 2.05) is 24.3 Å². The second-order valence-electron chi connectivity index (χ2n) is 4.87. The van der Waals surface area contributed by atoms with Crippen LogP contribution in [-0.4, -0.2) is 42.1 Å². The van der Waals surface area contributed by atoms with E-state index in [4.69, 9.17) is 4.74 Å². The van der Waals surface area contributed by atoms with Gasteiger partial charge in [-0.1, -0.05) is 18.2 Å². The van der Waals surface area contributed by atoms with Crippen LogP contribution >= 0.6 is 0 Å². The zero-order valence-electron chi connectivity index (χ0n) is 10.9. The number of hydrogen-bond donors (Lipinski definition) is 2. The van der Waals surface area contributed by atoms with Gasteiger partial charge in [0.2, 0.25) is 0 Å². The van der Waals surface area contributed by atoms with Crippen molar-refractivity contribution in [2.75, 3.05) is 24.7 Å². The predicted octanol–water partition coefficient (Wildman–Crippen LogP) is 1.33. The minimum Gasteiger partial charge on any atom is -0.394 e. The van der Waals surface area contributed by atoms with E-state index < -0.39 is 6.10 Å². The second kappa shape index (κ2) is 5.69. The van der Waals surface area contributed by atoms with Crippen molar-refractivity contribution in [3.8, 4) is 0 Å². The Morgan fingerprint density at radius 2 is 2.17 bits per heavy atom. The zero-order chi connectivity index (χ0) is 13.1. The quantitative estimate of drug-likeness (QED) is 0.851. The van der Waals surface area contributed by atoms with Crippen molar-refractivity contribution in [1.29, 1.82) is 0 Å². The van der Waals surface area contributed by atoms with Crippen LogP contribution in [0.4, 0.5) is 5.69 Å². The van der Waals surface area contributed by atoms with E-state index in [1.165, 1.54) is 0 Å². The molecule has 3 atom stereocenters. The van der Waals surface area contributed by atoms with Crippen LogP contribution in [0.1, 0.15) is 25.5 Å². The number of para-hydroxylation sites is 1. The van der Waals surface area contributed by atoms with Crippen LogP contribution in [0.2, 0.25) is 0 Å². The lowest BCUT2D eigenvalue weighted by Crippen LogP contribution is -2.50. The molecular formula is C14H21NO3. The van der Waals surface area contributed by atoms with Crippen LogP contribution in [0.3, 0.4) is 0 Å². The van der Waals surface area contributed by atoms with E-state index in [9.17, 15) is 10.2 Å². The molecule has 0 amide bonds. The third-order valence-corrected chi connectivity index (χ3v) is 3.41. The molecule has 4 nitrogen and oxygen atoms in total. The van der Waals surface area contributed by atoms with Crippen LogP contribution in [-0.2, 0) is 4.74 Å². The summed E-state index contributed by atoms with van der Waals surface area (Å²) < 4.78 is 5.54. The molecule has 0 spiro atoms. The number of benzene rings is 1. The highest BCUT2D eigenvalue weighted by Gasteiger charge is 2.27. The van der Waals surface area contributed by atoms with Crippen molar-refractivity contribution < 1.29 is 14.9 Å². The summed E-state index contributed by atoms with van der Waals surface area (Å²) in [6.07, 6.45) is -0.646. The van der Waals surface area contributed by atoms with E-state index in [0.717, 1.165) is 11.3 Å². The number of nitrogens with zero attached hydrogens (tertiary/aromatic N) is 1. The maximum Gasteiger partial charge on any atom is 0.0981 e. The van der Waals surface area contributed by atoms with Crippen LogP contribution in [0.5, 0.6) is 0 Å². The summed E-state index contributed by atoms with van der Waals surface area (Å²) in [5.74, 6) is 0. The molecule has 100 valence electrons. The summed E-state index contributed by atoms with van der Waals surface area (Å²) in [6.45, 7) is 5.14. The van der Waals surface area contributed by atoms with Crippen molar-refractivity contribution in [2.24, 2.45) is 0 Å². The topological polar surface area (TPSA) is 52.9 Å². The summed E-state index contributed by atoms with van der Waals surface area (Å²) in [5.41, 5.74) is 1.95. The van der Waals surface area contributed by atoms with Gasteiger partial charge in [-0.05, 0) is 19.9 Å². The average molecular weight is 251 g/mol. The maximum atomic E-state index is 9.84. The summed E-state index contributed by atoms with van der Waals surface area (Å²) >= 11 is 0. The molecule has 18 heavy (non-hydrogen) atoms. The van der Waals surface area contributed by atoms with Crippen LogP contribution < -0.4 is 4.90 Å². The fourth-order valence-electron chi connectivity index (χ4n) is 2.37. The van der Waals surface area contributed by atoms with Crippen LogP contribution in [0.15, 0.2) is 24.3 Å². The molecular weight excluding hydrogens is 230 g/mol. The summed E-state index contributed by atoms with van der Waals surface area (Å²) in [6, 6.07) is 8.10. The van der Waals surface area contributed by atoms with Gasteiger partial charge in [-0.3, -0.25) is 0 Å². The molecule has 4 heteroatoms. The third kappa shape index (κ3) is 2.66. The van der Waals surface area contributed by atoms with E-state index >= 15 is 0 Å². The fourth-order valence-corrected chi connectivity index (χ4v) is 2.37. The predicted molar refractivity (Wildman–Crippen MR) is 70.7 cm³/mol. The minimum atomic E-state index is -0.496. The Morgan fingerprint density at radius 1 is 1.44 bits per heavy atom. The molecule has 1 aliphatic heterocycles. The number of morpholine rings is 1. The van der Waals surface area contributed by atoms with Gasteiger partial charge >= 0.3 is 0 Å². The fraction of sp³-hybridized carbons (Fsp3) is 0.571. The van der Waals surface area contributed by atoms with Gasteiger partial charge in [0.25, 0.3) is 0 Å². The number of hydrogen-bond acceptors (Lipinski definition) is 4. The van der Waals surface area contributed by atoms with Gasteiger partial charge in [0.1, 0.15) is 0 Å². The largest absolute Gasteiger partial charge is 0.394 e. The molecule has 0 aromatic heterocycles. The SMILES string of the molecule is CC1COC(CO)CN1c1ccccc1[C@H](C)O. The van der Waals surface area contributed by atoms with Gasteiger partial charge in [-0.2, -0.15) is 0 Å². The Hall–Kier alpha value is -1.10. The Labute approximate surface area is 108 Å². The van der Waals surface area contributed by atoms with Crippen molar-refractivity contribution in [1.82, 2.24) is 0 Å². The lowest BCUT2D eigenvalue weighted by molar-refractivity contribution is -0.0104. The van der Waals surface area contributed by atoms with E-state index in [1.54, 1.807) is 6.92 Å². The molecule has 1 aliphatic rings. The van der Waals surface area contributed by atoms with E-state index in [2.05, 4.69) is 11.8 Å². The van der Waals surface area contributed by atoms with Gasteiger partial charge in [-0.15, -0.1) is 0 Å². The molecule has 1 fully saturated rings. The first-order valence-corrected chi connectivity index (χ1v) is 6.39. The lowest BCUT2D eigenvalue weighted by Gasteiger charge is -2.40. The number of aliphatic hydroxyl groups is 2. The minimum absolute atomic E-state index is 0.0278. The van der Waals surface area contributed by atoms with Crippen LogP contribution in [0, 0.1) is 0 Å². The Bertz CT molecular complexity index is 394. The van der Waals surface area contributed by atoms with Crippen molar-refractivity contribution in [2.45, 2.75) is 32.1 Å². The van der Waals surface area contributed by atoms with Crippen molar-refractivity contribution in [3.63, 3.8) is 0 Å². The zero-order valence-corrected chi connectivity index (χ0v) is 10.9. The Morgan fingerprint density at radius 3 is 2.83 bits per heavy atom. The lowest BCUT2D eigenvalue weighted by atomic mass is 10.0. The molecule has 1 aromatic rings. The van der Waals surface area contributed by atoms with Crippen molar-refractivity contribution >= 4 is 5.69 Å². The summed E-state index contributed by atoms with van der Waals surface area (Å²) in [5, 5.41) is 19.1. The first-order valence-electron chi connectivity index (χ1n) is 6.39. The first-order chi connectivity index (χ1) is 8.63. The maximum absolute atomic E-state index is 9.84. The first kappa shape index (κ1) is 13.3. The van der Waals surface area contributed by atoms with Gasteiger partial charge in [0.05, 0.1) is 25.4 Å².